The van der Waals surface area contributed by atoms with Crippen LogP contribution in [-0.4, -0.2) is 56.8 Å². The van der Waals surface area contributed by atoms with Gasteiger partial charge in [0.25, 0.3) is 0 Å². The van der Waals surface area contributed by atoms with Crippen molar-refractivity contribution in [2.75, 3.05) is 46.0 Å². The maximum Gasteiger partial charge on any atom is 0.248 e. The van der Waals surface area contributed by atoms with E-state index in [4.69, 9.17) is 9.47 Å². The van der Waals surface area contributed by atoms with E-state index in [0.717, 1.165) is 44.8 Å². The van der Waals surface area contributed by atoms with Crippen molar-refractivity contribution in [3.05, 3.63) is 30.3 Å². The van der Waals surface area contributed by atoms with E-state index in [0.29, 0.717) is 18.6 Å². The summed E-state index contributed by atoms with van der Waals surface area (Å²) in [4.78, 5) is 14.1. The Balaban J connectivity index is 1.29. The van der Waals surface area contributed by atoms with Crippen LogP contribution in [0.5, 0.6) is 5.75 Å². The third-order valence-electron chi connectivity index (χ3n) is 4.97. The number of hydrogen-bond donors (Lipinski definition) is 1. The molecule has 1 amide bonds. The number of ether oxygens (including phenoxy) is 2. The zero-order valence-electron chi connectivity index (χ0n) is 13.6. The number of piperidine rings is 1. The number of hydrogen-bond acceptors (Lipinski definition) is 4. The van der Waals surface area contributed by atoms with Gasteiger partial charge in [-0.05, 0) is 43.4 Å². The van der Waals surface area contributed by atoms with E-state index < -0.39 is 0 Å². The molecule has 1 N–H and O–H groups in total. The first-order chi connectivity index (χ1) is 11.3. The molecule has 2 aliphatic heterocycles. The molecule has 0 aliphatic carbocycles. The molecule has 2 fully saturated rings. The summed E-state index contributed by atoms with van der Waals surface area (Å²) < 4.78 is 11.0. The van der Waals surface area contributed by atoms with Crippen LogP contribution in [-0.2, 0) is 9.53 Å². The SMILES string of the molecule is O=C(COCCOc1ccccc1)N1CCC2(CCNC2)CC1. The van der Waals surface area contributed by atoms with Crippen molar-refractivity contribution >= 4 is 5.91 Å². The number of benzene rings is 1. The fourth-order valence-electron chi connectivity index (χ4n) is 3.44. The molecule has 1 aromatic rings. The van der Waals surface area contributed by atoms with Crippen LogP contribution in [0.3, 0.4) is 0 Å². The van der Waals surface area contributed by atoms with Gasteiger partial charge in [-0.25, -0.2) is 0 Å². The number of carbonyl (C=O) groups excluding carboxylic acids is 1. The molecule has 0 atom stereocenters. The average molecular weight is 318 g/mol. The molecular weight excluding hydrogens is 292 g/mol. The second-order valence-corrected chi connectivity index (χ2v) is 6.52. The lowest BCUT2D eigenvalue weighted by Gasteiger charge is -2.38. The molecule has 2 heterocycles. The highest BCUT2D eigenvalue weighted by molar-refractivity contribution is 5.77. The largest absolute Gasteiger partial charge is 0.491 e. The van der Waals surface area contributed by atoms with Crippen molar-refractivity contribution in [1.82, 2.24) is 10.2 Å². The molecule has 1 spiro atoms. The Morgan fingerprint density at radius 3 is 2.61 bits per heavy atom. The predicted molar refractivity (Wildman–Crippen MR) is 88.5 cm³/mol. The summed E-state index contributed by atoms with van der Waals surface area (Å²) in [5.41, 5.74) is 0.446. The van der Waals surface area contributed by atoms with E-state index in [-0.39, 0.29) is 12.5 Å². The van der Waals surface area contributed by atoms with Gasteiger partial charge in [-0.1, -0.05) is 18.2 Å². The number of para-hydroxylation sites is 1. The summed E-state index contributed by atoms with van der Waals surface area (Å²) >= 11 is 0. The van der Waals surface area contributed by atoms with Crippen molar-refractivity contribution in [2.45, 2.75) is 19.3 Å². The van der Waals surface area contributed by atoms with Gasteiger partial charge < -0.3 is 19.7 Å². The first kappa shape index (κ1) is 16.3. The molecule has 2 saturated heterocycles. The number of amides is 1. The molecule has 0 aromatic heterocycles. The number of nitrogens with one attached hydrogen (secondary N) is 1. The van der Waals surface area contributed by atoms with Crippen molar-refractivity contribution in [3.63, 3.8) is 0 Å². The zero-order valence-corrected chi connectivity index (χ0v) is 13.6. The van der Waals surface area contributed by atoms with Crippen LogP contribution >= 0.6 is 0 Å². The standard InChI is InChI=1S/C18H26N2O3/c21-17(14-22-12-13-23-16-4-2-1-3-5-16)20-10-7-18(8-11-20)6-9-19-15-18/h1-5,19H,6-15H2. The fraction of sp³-hybridized carbons (Fsp3) is 0.611. The second-order valence-electron chi connectivity index (χ2n) is 6.52. The number of nitrogens with zero attached hydrogens (tertiary/aromatic N) is 1. The van der Waals surface area contributed by atoms with Crippen molar-refractivity contribution in [3.8, 4) is 5.75 Å². The highest BCUT2D eigenvalue weighted by Gasteiger charge is 2.37. The van der Waals surface area contributed by atoms with Crippen LogP contribution in [0.1, 0.15) is 19.3 Å². The Morgan fingerprint density at radius 1 is 1.13 bits per heavy atom. The lowest BCUT2D eigenvalue weighted by atomic mass is 9.78. The summed E-state index contributed by atoms with van der Waals surface area (Å²) in [5.74, 6) is 0.930. The van der Waals surface area contributed by atoms with E-state index in [9.17, 15) is 4.79 Å². The summed E-state index contributed by atoms with van der Waals surface area (Å²) in [7, 11) is 0. The van der Waals surface area contributed by atoms with Gasteiger partial charge in [-0.15, -0.1) is 0 Å². The van der Waals surface area contributed by atoms with Crippen LogP contribution in [0, 0.1) is 5.41 Å². The number of likely N-dealkylation sites (tertiary alicyclic amines) is 1. The predicted octanol–water partition coefficient (Wildman–Crippen LogP) is 1.68. The fourth-order valence-corrected chi connectivity index (χ4v) is 3.44. The molecule has 0 unspecified atom stereocenters. The summed E-state index contributed by atoms with van der Waals surface area (Å²) in [6.07, 6.45) is 3.48. The van der Waals surface area contributed by atoms with E-state index in [1.807, 2.05) is 35.2 Å². The normalized spacial score (nSPS) is 19.9. The minimum atomic E-state index is 0.102. The van der Waals surface area contributed by atoms with Crippen molar-refractivity contribution < 1.29 is 14.3 Å². The van der Waals surface area contributed by atoms with Crippen molar-refractivity contribution in [1.29, 1.82) is 0 Å². The topological polar surface area (TPSA) is 50.8 Å². The lowest BCUT2D eigenvalue weighted by molar-refractivity contribution is -0.138. The van der Waals surface area contributed by atoms with Crippen LogP contribution < -0.4 is 10.1 Å². The van der Waals surface area contributed by atoms with Crippen LogP contribution in [0.2, 0.25) is 0 Å². The highest BCUT2D eigenvalue weighted by atomic mass is 16.5. The molecular formula is C18H26N2O3. The van der Waals surface area contributed by atoms with Gasteiger partial charge in [0.2, 0.25) is 5.91 Å². The monoisotopic (exact) mass is 318 g/mol. The Morgan fingerprint density at radius 2 is 1.91 bits per heavy atom. The molecule has 23 heavy (non-hydrogen) atoms. The maximum atomic E-state index is 12.2. The molecule has 2 aliphatic rings. The number of rotatable bonds is 6. The van der Waals surface area contributed by atoms with Gasteiger partial charge in [0.1, 0.15) is 19.0 Å². The van der Waals surface area contributed by atoms with E-state index in [2.05, 4.69) is 5.32 Å². The van der Waals surface area contributed by atoms with E-state index >= 15 is 0 Å². The van der Waals surface area contributed by atoms with E-state index in [1.54, 1.807) is 0 Å². The highest BCUT2D eigenvalue weighted by Crippen LogP contribution is 2.36. The summed E-state index contributed by atoms with van der Waals surface area (Å²) in [6.45, 7) is 5.02. The van der Waals surface area contributed by atoms with Gasteiger partial charge in [0.15, 0.2) is 0 Å². The minimum Gasteiger partial charge on any atom is -0.491 e. The third kappa shape index (κ3) is 4.45. The van der Waals surface area contributed by atoms with Crippen LogP contribution in [0.15, 0.2) is 30.3 Å². The average Bonchev–Trinajstić information content (AvgIpc) is 3.04. The second kappa shape index (κ2) is 7.79. The van der Waals surface area contributed by atoms with Gasteiger partial charge in [0.05, 0.1) is 6.61 Å². The molecule has 0 radical (unpaired) electrons. The van der Waals surface area contributed by atoms with Gasteiger partial charge in [-0.2, -0.15) is 0 Å². The molecule has 126 valence electrons. The Kier molecular flexibility index (Phi) is 5.51. The van der Waals surface area contributed by atoms with Crippen LogP contribution in [0.25, 0.3) is 0 Å². The van der Waals surface area contributed by atoms with Gasteiger partial charge in [-0.3, -0.25) is 4.79 Å². The Bertz CT molecular complexity index is 490. The van der Waals surface area contributed by atoms with Crippen molar-refractivity contribution in [2.24, 2.45) is 5.41 Å². The molecule has 5 nitrogen and oxygen atoms in total. The molecule has 3 rings (SSSR count). The van der Waals surface area contributed by atoms with Gasteiger partial charge >= 0.3 is 0 Å². The smallest absolute Gasteiger partial charge is 0.248 e. The lowest BCUT2D eigenvalue weighted by Crippen LogP contribution is -2.45. The quantitative estimate of drug-likeness (QED) is 0.811. The summed E-state index contributed by atoms with van der Waals surface area (Å²) in [6, 6.07) is 9.64. The first-order valence-electron chi connectivity index (χ1n) is 8.52. The third-order valence-corrected chi connectivity index (χ3v) is 4.97. The molecule has 1 aromatic carbocycles. The Hall–Kier alpha value is -1.59. The summed E-state index contributed by atoms with van der Waals surface area (Å²) in [5, 5.41) is 3.45. The molecule has 5 heteroatoms. The molecule has 0 bridgehead atoms. The van der Waals surface area contributed by atoms with E-state index in [1.165, 1.54) is 6.42 Å². The zero-order chi connectivity index (χ0) is 16.0. The first-order valence-corrected chi connectivity index (χ1v) is 8.52. The van der Waals surface area contributed by atoms with Gasteiger partial charge in [0, 0.05) is 19.6 Å². The van der Waals surface area contributed by atoms with Crippen LogP contribution in [0.4, 0.5) is 0 Å². The number of carbonyl (C=O) groups is 1. The maximum absolute atomic E-state index is 12.2. The minimum absolute atomic E-state index is 0.102. The molecule has 0 saturated carbocycles. The Labute approximate surface area is 137 Å².